The summed E-state index contributed by atoms with van der Waals surface area (Å²) in [5.74, 6) is 1.25. The smallest absolute Gasteiger partial charge is 0.224 e. The zero-order valence-electron chi connectivity index (χ0n) is 13.1. The molecule has 0 fully saturated rings. The standard InChI is InChI=1S/C17H21NO4/c1-12(8-14-6-7-22-11-14)18-17(19)10-13-4-5-15(20-2)16(9-13)21-3/h4-7,9,11-12H,8,10H2,1-3H3,(H,18,19). The summed E-state index contributed by atoms with van der Waals surface area (Å²) in [7, 11) is 3.16. The van der Waals surface area contributed by atoms with Crippen LogP contribution < -0.4 is 14.8 Å². The molecule has 0 aliphatic rings. The molecule has 118 valence electrons. The highest BCUT2D eigenvalue weighted by Gasteiger charge is 2.11. The number of furan rings is 1. The van der Waals surface area contributed by atoms with Crippen LogP contribution in [0, 0.1) is 0 Å². The van der Waals surface area contributed by atoms with Crippen LogP contribution in [0.3, 0.4) is 0 Å². The van der Waals surface area contributed by atoms with E-state index in [1.807, 2.05) is 25.1 Å². The molecule has 0 aliphatic heterocycles. The maximum Gasteiger partial charge on any atom is 0.224 e. The average Bonchev–Trinajstić information content (AvgIpc) is 2.99. The fraction of sp³-hybridized carbons (Fsp3) is 0.353. The minimum absolute atomic E-state index is 0.0248. The van der Waals surface area contributed by atoms with Crippen molar-refractivity contribution in [1.82, 2.24) is 5.32 Å². The fourth-order valence-electron chi connectivity index (χ4n) is 2.32. The highest BCUT2D eigenvalue weighted by Crippen LogP contribution is 2.27. The van der Waals surface area contributed by atoms with Gasteiger partial charge in [-0.3, -0.25) is 4.79 Å². The number of carbonyl (C=O) groups is 1. The zero-order valence-corrected chi connectivity index (χ0v) is 13.1. The van der Waals surface area contributed by atoms with Gasteiger partial charge in [-0.05, 0) is 42.7 Å². The van der Waals surface area contributed by atoms with E-state index in [1.165, 1.54) is 0 Å². The van der Waals surface area contributed by atoms with Gasteiger partial charge < -0.3 is 19.2 Å². The summed E-state index contributed by atoms with van der Waals surface area (Å²) in [6.45, 7) is 1.97. The first-order chi connectivity index (χ1) is 10.6. The predicted octanol–water partition coefficient (Wildman–Crippen LogP) is 2.59. The molecular formula is C17H21NO4. The van der Waals surface area contributed by atoms with Gasteiger partial charge in [0, 0.05) is 6.04 Å². The topological polar surface area (TPSA) is 60.7 Å². The Kier molecular flexibility index (Phi) is 5.47. The third-order valence-corrected chi connectivity index (χ3v) is 3.34. The SMILES string of the molecule is COc1ccc(CC(=O)NC(C)Cc2ccoc2)cc1OC. The largest absolute Gasteiger partial charge is 0.493 e. The molecule has 0 radical (unpaired) electrons. The van der Waals surface area contributed by atoms with Gasteiger partial charge in [0.1, 0.15) is 0 Å². The molecule has 1 amide bonds. The van der Waals surface area contributed by atoms with Crippen molar-refractivity contribution in [2.45, 2.75) is 25.8 Å². The van der Waals surface area contributed by atoms with Crippen LogP contribution in [0.4, 0.5) is 0 Å². The van der Waals surface area contributed by atoms with Crippen molar-refractivity contribution in [3.8, 4) is 11.5 Å². The second-order valence-electron chi connectivity index (χ2n) is 5.17. The van der Waals surface area contributed by atoms with Crippen molar-refractivity contribution in [2.75, 3.05) is 14.2 Å². The fourth-order valence-corrected chi connectivity index (χ4v) is 2.32. The summed E-state index contributed by atoms with van der Waals surface area (Å²) in [5.41, 5.74) is 1.95. The lowest BCUT2D eigenvalue weighted by atomic mass is 10.1. The van der Waals surface area contributed by atoms with Crippen LogP contribution in [-0.2, 0) is 17.6 Å². The zero-order chi connectivity index (χ0) is 15.9. The van der Waals surface area contributed by atoms with Gasteiger partial charge in [0.05, 0.1) is 33.2 Å². The Labute approximate surface area is 130 Å². The second kappa shape index (κ2) is 7.54. The average molecular weight is 303 g/mol. The van der Waals surface area contributed by atoms with E-state index < -0.39 is 0 Å². The van der Waals surface area contributed by atoms with Crippen LogP contribution in [0.5, 0.6) is 11.5 Å². The van der Waals surface area contributed by atoms with E-state index in [9.17, 15) is 4.79 Å². The molecule has 0 spiro atoms. The van der Waals surface area contributed by atoms with Crippen molar-refractivity contribution in [1.29, 1.82) is 0 Å². The molecule has 1 N–H and O–H groups in total. The Morgan fingerprint density at radius 1 is 1.18 bits per heavy atom. The summed E-state index contributed by atoms with van der Waals surface area (Å²) >= 11 is 0. The molecule has 1 unspecified atom stereocenters. The number of benzene rings is 1. The first-order valence-electron chi connectivity index (χ1n) is 7.13. The van der Waals surface area contributed by atoms with Gasteiger partial charge in [-0.2, -0.15) is 0 Å². The summed E-state index contributed by atoms with van der Waals surface area (Å²) in [4.78, 5) is 12.1. The van der Waals surface area contributed by atoms with Gasteiger partial charge in [-0.1, -0.05) is 6.07 Å². The van der Waals surface area contributed by atoms with E-state index in [0.29, 0.717) is 17.9 Å². The lowest BCUT2D eigenvalue weighted by Crippen LogP contribution is -2.35. The molecule has 22 heavy (non-hydrogen) atoms. The van der Waals surface area contributed by atoms with Crippen LogP contribution in [0.1, 0.15) is 18.1 Å². The Morgan fingerprint density at radius 2 is 1.95 bits per heavy atom. The Hall–Kier alpha value is -2.43. The Bertz CT molecular complexity index is 607. The quantitative estimate of drug-likeness (QED) is 0.854. The number of carbonyl (C=O) groups excluding carboxylic acids is 1. The molecule has 1 heterocycles. The Morgan fingerprint density at radius 3 is 2.59 bits per heavy atom. The molecule has 1 atom stereocenters. The van der Waals surface area contributed by atoms with Crippen LogP contribution in [0.25, 0.3) is 0 Å². The molecule has 2 aromatic rings. The highest BCUT2D eigenvalue weighted by atomic mass is 16.5. The second-order valence-corrected chi connectivity index (χ2v) is 5.17. The summed E-state index contributed by atoms with van der Waals surface area (Å²) < 4.78 is 15.5. The predicted molar refractivity (Wildman–Crippen MR) is 83.3 cm³/mol. The van der Waals surface area contributed by atoms with E-state index in [0.717, 1.165) is 17.5 Å². The normalized spacial score (nSPS) is 11.8. The van der Waals surface area contributed by atoms with Gasteiger partial charge in [0.25, 0.3) is 0 Å². The molecule has 1 aromatic heterocycles. The van der Waals surface area contributed by atoms with Crippen molar-refractivity contribution in [3.05, 3.63) is 47.9 Å². The van der Waals surface area contributed by atoms with Gasteiger partial charge in [-0.25, -0.2) is 0 Å². The number of hydrogen-bond donors (Lipinski definition) is 1. The summed E-state index contributed by atoms with van der Waals surface area (Å²) in [6.07, 6.45) is 4.37. The molecule has 0 saturated carbocycles. The summed E-state index contributed by atoms with van der Waals surface area (Å²) in [5, 5.41) is 2.98. The third-order valence-electron chi connectivity index (χ3n) is 3.34. The lowest BCUT2D eigenvalue weighted by Gasteiger charge is -2.14. The maximum atomic E-state index is 12.1. The number of methoxy groups -OCH3 is 2. The monoisotopic (exact) mass is 303 g/mol. The van der Waals surface area contributed by atoms with Crippen molar-refractivity contribution < 1.29 is 18.7 Å². The van der Waals surface area contributed by atoms with Crippen molar-refractivity contribution >= 4 is 5.91 Å². The van der Waals surface area contributed by atoms with Crippen LogP contribution in [0.2, 0.25) is 0 Å². The molecule has 0 bridgehead atoms. The van der Waals surface area contributed by atoms with E-state index in [2.05, 4.69) is 5.32 Å². The van der Waals surface area contributed by atoms with Crippen LogP contribution in [-0.4, -0.2) is 26.2 Å². The molecule has 5 heteroatoms. The third kappa shape index (κ3) is 4.28. The first kappa shape index (κ1) is 15.9. The number of hydrogen-bond acceptors (Lipinski definition) is 4. The van der Waals surface area contributed by atoms with E-state index in [4.69, 9.17) is 13.9 Å². The lowest BCUT2D eigenvalue weighted by molar-refractivity contribution is -0.121. The molecule has 5 nitrogen and oxygen atoms in total. The number of ether oxygens (including phenoxy) is 2. The van der Waals surface area contributed by atoms with Gasteiger partial charge in [-0.15, -0.1) is 0 Å². The Balaban J connectivity index is 1.91. The van der Waals surface area contributed by atoms with E-state index in [-0.39, 0.29) is 11.9 Å². The molecule has 1 aromatic carbocycles. The van der Waals surface area contributed by atoms with Gasteiger partial charge >= 0.3 is 0 Å². The van der Waals surface area contributed by atoms with Gasteiger partial charge in [0.2, 0.25) is 5.91 Å². The van der Waals surface area contributed by atoms with E-state index >= 15 is 0 Å². The highest BCUT2D eigenvalue weighted by molar-refractivity contribution is 5.79. The molecule has 0 aliphatic carbocycles. The van der Waals surface area contributed by atoms with Crippen LogP contribution in [0.15, 0.2) is 41.2 Å². The van der Waals surface area contributed by atoms with Crippen molar-refractivity contribution in [3.63, 3.8) is 0 Å². The molecular weight excluding hydrogens is 282 g/mol. The van der Waals surface area contributed by atoms with E-state index in [1.54, 1.807) is 32.8 Å². The number of rotatable bonds is 7. The number of nitrogens with one attached hydrogen (secondary N) is 1. The minimum atomic E-state index is -0.0248. The first-order valence-corrected chi connectivity index (χ1v) is 7.13. The molecule has 2 rings (SSSR count). The maximum absolute atomic E-state index is 12.1. The number of amides is 1. The molecule has 0 saturated heterocycles. The summed E-state index contributed by atoms with van der Waals surface area (Å²) in [6, 6.07) is 7.43. The minimum Gasteiger partial charge on any atom is -0.493 e. The van der Waals surface area contributed by atoms with Gasteiger partial charge in [0.15, 0.2) is 11.5 Å². The van der Waals surface area contributed by atoms with Crippen molar-refractivity contribution in [2.24, 2.45) is 0 Å². The van der Waals surface area contributed by atoms with Crippen LogP contribution >= 0.6 is 0 Å².